The molecule has 10 heteroatoms. The van der Waals surface area contributed by atoms with Crippen molar-refractivity contribution >= 4 is 40.6 Å². The molecule has 0 amide bonds. The number of rotatable bonds is 8. The number of carbonyl (C=O) groups is 2. The van der Waals surface area contributed by atoms with Gasteiger partial charge >= 0.3 is 11.9 Å². The first-order chi connectivity index (χ1) is 13.0. The fraction of sp³-hybridized carbons (Fsp3) is 0.235. The lowest BCUT2D eigenvalue weighted by Crippen LogP contribution is -2.19. The van der Waals surface area contributed by atoms with E-state index in [0.717, 1.165) is 6.20 Å². The Morgan fingerprint density at radius 3 is 2.26 bits per heavy atom. The molecular weight excluding hydrogens is 374 g/mol. The summed E-state index contributed by atoms with van der Waals surface area (Å²) in [4.78, 5) is 23.9. The molecule has 0 spiro atoms. The minimum Gasteiger partial charge on any atom is -0.462 e. The van der Waals surface area contributed by atoms with Crippen molar-refractivity contribution in [2.24, 2.45) is 5.10 Å². The van der Waals surface area contributed by atoms with Crippen molar-refractivity contribution in [3.63, 3.8) is 0 Å². The molecular formula is C17H16ClN5O4. The van der Waals surface area contributed by atoms with Gasteiger partial charge in [0, 0.05) is 11.2 Å². The molecule has 1 rings (SSSR count). The lowest BCUT2D eigenvalue weighted by atomic mass is 10.2. The van der Waals surface area contributed by atoms with E-state index in [4.69, 9.17) is 31.6 Å². The number of ether oxygens (including phenoxy) is 2. The van der Waals surface area contributed by atoms with E-state index in [0.29, 0.717) is 16.4 Å². The van der Waals surface area contributed by atoms with Crippen LogP contribution in [0.3, 0.4) is 0 Å². The molecule has 0 aliphatic heterocycles. The number of benzene rings is 1. The molecule has 0 aliphatic carbocycles. The summed E-state index contributed by atoms with van der Waals surface area (Å²) in [6.45, 7) is 3.39. The van der Waals surface area contributed by atoms with Gasteiger partial charge < -0.3 is 14.8 Å². The van der Waals surface area contributed by atoms with Gasteiger partial charge in [0.15, 0.2) is 5.57 Å². The standard InChI is InChI=1S/C17H16ClN5O4/c1-3-26-16(24)13(17(25)27-4-2)10-21-14-6-5-11(18)7-15(14)23-22-12(8-19)9-20/h5-7,10,21,23H,3-4H2,1-2H3. The SMILES string of the molecule is CCOC(=O)C(=CNc1ccc(Cl)cc1NN=C(C#N)C#N)C(=O)OCC. The van der Waals surface area contributed by atoms with Crippen molar-refractivity contribution in [3.05, 3.63) is 35.0 Å². The number of nitrogens with one attached hydrogen (secondary N) is 2. The number of hydrazone groups is 1. The Bertz CT molecular complexity index is 816. The molecule has 0 bridgehead atoms. The zero-order valence-electron chi connectivity index (χ0n) is 14.6. The Morgan fingerprint density at radius 2 is 1.74 bits per heavy atom. The normalized spacial score (nSPS) is 9.07. The molecule has 2 N–H and O–H groups in total. The van der Waals surface area contributed by atoms with Crippen LogP contribution in [0.15, 0.2) is 35.1 Å². The second-order valence-electron chi connectivity index (χ2n) is 4.63. The summed E-state index contributed by atoms with van der Waals surface area (Å²) >= 11 is 5.94. The third-order valence-corrected chi connectivity index (χ3v) is 3.08. The Balaban J connectivity index is 3.17. The molecule has 0 aliphatic rings. The highest BCUT2D eigenvalue weighted by atomic mass is 35.5. The highest BCUT2D eigenvalue weighted by Gasteiger charge is 2.21. The van der Waals surface area contributed by atoms with Gasteiger partial charge in [0.2, 0.25) is 5.71 Å². The Labute approximate surface area is 160 Å². The lowest BCUT2D eigenvalue weighted by Gasteiger charge is -2.11. The third kappa shape index (κ3) is 6.69. The molecule has 0 heterocycles. The minimum absolute atomic E-state index is 0.0864. The van der Waals surface area contributed by atoms with Crippen LogP contribution in [0.25, 0.3) is 0 Å². The maximum absolute atomic E-state index is 12.0. The van der Waals surface area contributed by atoms with Gasteiger partial charge in [0.05, 0.1) is 24.6 Å². The van der Waals surface area contributed by atoms with Crippen LogP contribution in [-0.4, -0.2) is 30.9 Å². The molecule has 140 valence electrons. The number of nitriles is 2. The first-order valence-electron chi connectivity index (χ1n) is 7.71. The van der Waals surface area contributed by atoms with Crippen molar-refractivity contribution < 1.29 is 19.1 Å². The van der Waals surface area contributed by atoms with Crippen LogP contribution in [0, 0.1) is 22.7 Å². The molecule has 0 aromatic heterocycles. The molecule has 27 heavy (non-hydrogen) atoms. The van der Waals surface area contributed by atoms with Crippen molar-refractivity contribution in [1.29, 1.82) is 10.5 Å². The summed E-state index contributed by atoms with van der Waals surface area (Å²) in [5.41, 5.74) is 2.46. The van der Waals surface area contributed by atoms with Gasteiger partial charge in [0.25, 0.3) is 0 Å². The molecule has 0 saturated carbocycles. The van der Waals surface area contributed by atoms with Crippen LogP contribution < -0.4 is 10.7 Å². The lowest BCUT2D eigenvalue weighted by molar-refractivity contribution is -0.146. The number of hydrogen-bond donors (Lipinski definition) is 2. The summed E-state index contributed by atoms with van der Waals surface area (Å²) in [6, 6.07) is 7.78. The van der Waals surface area contributed by atoms with Gasteiger partial charge in [-0.1, -0.05) is 11.6 Å². The molecule has 0 saturated heterocycles. The quantitative estimate of drug-likeness (QED) is 0.173. The second kappa shape index (κ2) is 11.1. The van der Waals surface area contributed by atoms with E-state index in [2.05, 4.69) is 15.8 Å². The predicted molar refractivity (Wildman–Crippen MR) is 98.7 cm³/mol. The monoisotopic (exact) mass is 389 g/mol. The highest BCUT2D eigenvalue weighted by Crippen LogP contribution is 2.26. The van der Waals surface area contributed by atoms with E-state index in [1.165, 1.54) is 6.07 Å². The van der Waals surface area contributed by atoms with E-state index < -0.39 is 17.7 Å². The number of nitrogens with zero attached hydrogens (tertiary/aromatic N) is 3. The van der Waals surface area contributed by atoms with Crippen LogP contribution in [0.4, 0.5) is 11.4 Å². The average Bonchev–Trinajstić information content (AvgIpc) is 2.64. The average molecular weight is 390 g/mol. The van der Waals surface area contributed by atoms with Crippen LogP contribution in [-0.2, 0) is 19.1 Å². The Kier molecular flexibility index (Phi) is 8.86. The third-order valence-electron chi connectivity index (χ3n) is 2.84. The number of carbonyl (C=O) groups excluding carboxylic acids is 2. The summed E-state index contributed by atoms with van der Waals surface area (Å²) in [7, 11) is 0. The van der Waals surface area contributed by atoms with Gasteiger partial charge in [-0.25, -0.2) is 9.59 Å². The number of halogens is 1. The van der Waals surface area contributed by atoms with Crippen LogP contribution in [0.2, 0.25) is 5.02 Å². The van der Waals surface area contributed by atoms with Gasteiger partial charge in [-0.2, -0.15) is 15.6 Å². The molecule has 1 aromatic rings. The van der Waals surface area contributed by atoms with Crippen molar-refractivity contribution in [3.8, 4) is 12.1 Å². The second-order valence-corrected chi connectivity index (χ2v) is 5.07. The van der Waals surface area contributed by atoms with E-state index >= 15 is 0 Å². The van der Waals surface area contributed by atoms with E-state index in [1.54, 1.807) is 38.1 Å². The topological polar surface area (TPSA) is 137 Å². The van der Waals surface area contributed by atoms with Crippen LogP contribution in [0.1, 0.15) is 13.8 Å². The van der Waals surface area contributed by atoms with E-state index in [-0.39, 0.29) is 18.8 Å². The maximum Gasteiger partial charge on any atom is 0.347 e. The largest absolute Gasteiger partial charge is 0.462 e. The van der Waals surface area contributed by atoms with Gasteiger partial charge in [0.1, 0.15) is 12.1 Å². The summed E-state index contributed by atoms with van der Waals surface area (Å²) in [6.07, 6.45) is 1.13. The molecule has 9 nitrogen and oxygen atoms in total. The fourth-order valence-corrected chi connectivity index (χ4v) is 1.87. The number of esters is 2. The first-order valence-corrected chi connectivity index (χ1v) is 8.08. The molecule has 1 aromatic carbocycles. The van der Waals surface area contributed by atoms with Gasteiger partial charge in [-0.3, -0.25) is 5.43 Å². The zero-order chi connectivity index (χ0) is 20.2. The molecule has 0 fully saturated rings. The molecule has 0 unspecified atom stereocenters. The van der Waals surface area contributed by atoms with Gasteiger partial charge in [-0.15, -0.1) is 0 Å². The fourth-order valence-electron chi connectivity index (χ4n) is 1.69. The van der Waals surface area contributed by atoms with Crippen LogP contribution >= 0.6 is 11.6 Å². The van der Waals surface area contributed by atoms with Crippen molar-refractivity contribution in [2.75, 3.05) is 24.0 Å². The number of hydrogen-bond acceptors (Lipinski definition) is 9. The zero-order valence-corrected chi connectivity index (χ0v) is 15.3. The van der Waals surface area contributed by atoms with Crippen LogP contribution in [0.5, 0.6) is 0 Å². The number of anilines is 2. The predicted octanol–water partition coefficient (Wildman–Crippen LogP) is 2.58. The van der Waals surface area contributed by atoms with E-state index in [1.807, 2.05) is 0 Å². The Morgan fingerprint density at radius 1 is 1.15 bits per heavy atom. The van der Waals surface area contributed by atoms with Crippen molar-refractivity contribution in [2.45, 2.75) is 13.8 Å². The smallest absolute Gasteiger partial charge is 0.347 e. The summed E-state index contributed by atoms with van der Waals surface area (Å²) in [5.74, 6) is -1.69. The van der Waals surface area contributed by atoms with E-state index in [9.17, 15) is 9.59 Å². The van der Waals surface area contributed by atoms with Crippen molar-refractivity contribution in [1.82, 2.24) is 0 Å². The van der Waals surface area contributed by atoms with Gasteiger partial charge in [-0.05, 0) is 32.0 Å². The maximum atomic E-state index is 12.0. The minimum atomic E-state index is -0.846. The first kappa shape index (κ1) is 21.5. The summed E-state index contributed by atoms with van der Waals surface area (Å²) in [5, 5.41) is 24.2. The molecule has 0 atom stereocenters. The molecule has 0 radical (unpaired) electrons. The highest BCUT2D eigenvalue weighted by molar-refractivity contribution is 6.31. The Hall–Kier alpha value is -3.56. The summed E-state index contributed by atoms with van der Waals surface area (Å²) < 4.78 is 9.68.